The van der Waals surface area contributed by atoms with Gasteiger partial charge in [0.15, 0.2) is 5.75 Å². The van der Waals surface area contributed by atoms with Crippen LogP contribution in [-0.4, -0.2) is 27.2 Å². The lowest BCUT2D eigenvalue weighted by molar-refractivity contribution is -0.137. The number of carbonyl (C=O) groups excluding carboxylic acids is 1. The summed E-state index contributed by atoms with van der Waals surface area (Å²) >= 11 is 0. The van der Waals surface area contributed by atoms with Gasteiger partial charge < -0.3 is 10.5 Å². The molecule has 0 unspecified atom stereocenters. The van der Waals surface area contributed by atoms with E-state index in [4.69, 9.17) is 5.73 Å². The Hall–Kier alpha value is -1.60. The normalized spacial score (nSPS) is 10.9. The molecule has 0 aliphatic carbocycles. The highest BCUT2D eigenvalue weighted by atomic mass is 32.2. The predicted molar refractivity (Wildman–Crippen MR) is 63.8 cm³/mol. The Morgan fingerprint density at radius 3 is 2.65 bits per heavy atom. The standard InChI is InChI=1S/C10H14N2O4S/c1-16-10(13)7-17(14,15)12-9-5-3-2-4-8(9)6-11/h2-5,12H,6-7,11H2,1H3. The number of ether oxygens (including phenoxy) is 1. The summed E-state index contributed by atoms with van der Waals surface area (Å²) in [5.41, 5.74) is 6.50. The van der Waals surface area contributed by atoms with Gasteiger partial charge in [-0.2, -0.15) is 0 Å². The Balaban J connectivity index is 2.86. The lowest BCUT2D eigenvalue weighted by Gasteiger charge is -2.10. The van der Waals surface area contributed by atoms with E-state index >= 15 is 0 Å². The maximum atomic E-state index is 11.6. The minimum atomic E-state index is -3.76. The Kier molecular flexibility index (Phi) is 4.47. The molecule has 0 amide bonds. The van der Waals surface area contributed by atoms with E-state index in [2.05, 4.69) is 9.46 Å². The molecule has 1 rings (SSSR count). The number of nitrogens with one attached hydrogen (secondary N) is 1. The second kappa shape index (κ2) is 5.65. The van der Waals surface area contributed by atoms with Crippen LogP contribution in [-0.2, 0) is 26.1 Å². The summed E-state index contributed by atoms with van der Waals surface area (Å²) in [5, 5.41) is 0. The zero-order valence-electron chi connectivity index (χ0n) is 9.34. The number of hydrogen-bond acceptors (Lipinski definition) is 5. The molecule has 0 radical (unpaired) electrons. The minimum Gasteiger partial charge on any atom is -0.468 e. The second-order valence-electron chi connectivity index (χ2n) is 3.30. The summed E-state index contributed by atoms with van der Waals surface area (Å²) in [6, 6.07) is 6.71. The summed E-state index contributed by atoms with van der Waals surface area (Å²) in [5.74, 6) is -1.54. The summed E-state index contributed by atoms with van der Waals surface area (Å²) < 4.78 is 29.8. The number of hydrogen-bond donors (Lipinski definition) is 2. The number of benzene rings is 1. The van der Waals surface area contributed by atoms with Gasteiger partial charge in [-0.25, -0.2) is 8.42 Å². The van der Waals surface area contributed by atoms with Crippen LogP contribution in [0, 0.1) is 0 Å². The van der Waals surface area contributed by atoms with Gasteiger partial charge in [-0.1, -0.05) is 18.2 Å². The Morgan fingerprint density at radius 2 is 2.06 bits per heavy atom. The first-order valence-corrected chi connectivity index (χ1v) is 6.49. The van der Waals surface area contributed by atoms with Crippen LogP contribution in [0.5, 0.6) is 0 Å². The first-order chi connectivity index (χ1) is 7.98. The molecule has 3 N–H and O–H groups in total. The fraction of sp³-hybridized carbons (Fsp3) is 0.300. The molecule has 0 saturated carbocycles. The molecule has 1 aromatic carbocycles. The Labute approximate surface area is 99.8 Å². The van der Waals surface area contributed by atoms with Gasteiger partial charge in [-0.05, 0) is 11.6 Å². The molecule has 0 fully saturated rings. The van der Waals surface area contributed by atoms with Crippen molar-refractivity contribution in [1.82, 2.24) is 0 Å². The van der Waals surface area contributed by atoms with E-state index in [0.717, 1.165) is 7.11 Å². The van der Waals surface area contributed by atoms with Gasteiger partial charge in [-0.3, -0.25) is 9.52 Å². The summed E-state index contributed by atoms with van der Waals surface area (Å²) in [4.78, 5) is 10.9. The van der Waals surface area contributed by atoms with Crippen molar-refractivity contribution in [2.45, 2.75) is 6.54 Å². The average Bonchev–Trinajstić information content (AvgIpc) is 2.28. The summed E-state index contributed by atoms with van der Waals surface area (Å²) in [7, 11) is -2.63. The maximum absolute atomic E-state index is 11.6. The number of nitrogens with two attached hydrogens (primary N) is 1. The van der Waals surface area contributed by atoms with Crippen molar-refractivity contribution >= 4 is 21.7 Å². The molecule has 0 spiro atoms. The number of methoxy groups -OCH3 is 1. The molecule has 0 heterocycles. The van der Waals surface area contributed by atoms with Crippen molar-refractivity contribution in [3.05, 3.63) is 29.8 Å². The number of carbonyl (C=O) groups is 1. The molecule has 0 aliphatic heterocycles. The molecule has 0 atom stereocenters. The first kappa shape index (κ1) is 13.5. The average molecular weight is 258 g/mol. The minimum absolute atomic E-state index is 0.205. The molecule has 7 heteroatoms. The molecule has 0 bridgehead atoms. The van der Waals surface area contributed by atoms with Crippen LogP contribution in [0.1, 0.15) is 5.56 Å². The number of sulfonamides is 1. The van der Waals surface area contributed by atoms with E-state index < -0.39 is 21.7 Å². The first-order valence-electron chi connectivity index (χ1n) is 4.84. The molecule has 0 aliphatic rings. The third kappa shape index (κ3) is 4.04. The SMILES string of the molecule is COC(=O)CS(=O)(=O)Nc1ccccc1CN. The fourth-order valence-electron chi connectivity index (χ4n) is 1.22. The van der Waals surface area contributed by atoms with E-state index in [1.54, 1.807) is 24.3 Å². The Bertz CT molecular complexity index is 499. The van der Waals surface area contributed by atoms with Crippen molar-refractivity contribution in [3.63, 3.8) is 0 Å². The number of anilines is 1. The van der Waals surface area contributed by atoms with Crippen LogP contribution in [0.3, 0.4) is 0 Å². The number of para-hydroxylation sites is 1. The maximum Gasteiger partial charge on any atom is 0.322 e. The van der Waals surface area contributed by atoms with Gasteiger partial charge in [0.05, 0.1) is 12.8 Å². The molecule has 1 aromatic rings. The van der Waals surface area contributed by atoms with Gasteiger partial charge in [0, 0.05) is 6.54 Å². The third-order valence-electron chi connectivity index (χ3n) is 2.04. The zero-order valence-corrected chi connectivity index (χ0v) is 10.2. The van der Waals surface area contributed by atoms with E-state index in [-0.39, 0.29) is 6.54 Å². The van der Waals surface area contributed by atoms with E-state index in [1.165, 1.54) is 0 Å². The van der Waals surface area contributed by atoms with E-state index in [9.17, 15) is 13.2 Å². The molecule has 6 nitrogen and oxygen atoms in total. The highest BCUT2D eigenvalue weighted by molar-refractivity contribution is 7.93. The summed E-state index contributed by atoms with van der Waals surface area (Å²) in [6.45, 7) is 0.205. The molecule has 17 heavy (non-hydrogen) atoms. The van der Waals surface area contributed by atoms with Gasteiger partial charge in [0.25, 0.3) is 0 Å². The van der Waals surface area contributed by atoms with Gasteiger partial charge >= 0.3 is 5.97 Å². The third-order valence-corrected chi connectivity index (χ3v) is 3.18. The smallest absolute Gasteiger partial charge is 0.322 e. The van der Waals surface area contributed by atoms with Crippen LogP contribution in [0.25, 0.3) is 0 Å². The van der Waals surface area contributed by atoms with Gasteiger partial charge in [0.2, 0.25) is 10.0 Å². The van der Waals surface area contributed by atoms with Crippen LogP contribution in [0.2, 0.25) is 0 Å². The van der Waals surface area contributed by atoms with Crippen molar-refractivity contribution in [2.24, 2.45) is 5.73 Å². The topological polar surface area (TPSA) is 98.5 Å². The van der Waals surface area contributed by atoms with Crippen LogP contribution >= 0.6 is 0 Å². The van der Waals surface area contributed by atoms with Crippen LogP contribution < -0.4 is 10.5 Å². The molecule has 94 valence electrons. The molecular formula is C10H14N2O4S. The van der Waals surface area contributed by atoms with Crippen LogP contribution in [0.15, 0.2) is 24.3 Å². The molecular weight excluding hydrogens is 244 g/mol. The van der Waals surface area contributed by atoms with Crippen molar-refractivity contribution in [3.8, 4) is 0 Å². The molecule has 0 saturated heterocycles. The van der Waals surface area contributed by atoms with E-state index in [1.807, 2.05) is 0 Å². The fourth-order valence-corrected chi connectivity index (χ4v) is 2.25. The second-order valence-corrected chi connectivity index (χ2v) is 5.02. The summed E-state index contributed by atoms with van der Waals surface area (Å²) in [6.07, 6.45) is 0. The quantitative estimate of drug-likeness (QED) is 0.728. The monoisotopic (exact) mass is 258 g/mol. The van der Waals surface area contributed by atoms with Crippen LogP contribution in [0.4, 0.5) is 5.69 Å². The highest BCUT2D eigenvalue weighted by Gasteiger charge is 2.17. The predicted octanol–water partition coefficient (Wildman–Crippen LogP) is 0.0600. The van der Waals surface area contributed by atoms with Crippen molar-refractivity contribution in [2.75, 3.05) is 17.6 Å². The largest absolute Gasteiger partial charge is 0.468 e. The Morgan fingerprint density at radius 1 is 1.41 bits per heavy atom. The van der Waals surface area contributed by atoms with Crippen molar-refractivity contribution in [1.29, 1.82) is 0 Å². The van der Waals surface area contributed by atoms with E-state index in [0.29, 0.717) is 11.3 Å². The van der Waals surface area contributed by atoms with Gasteiger partial charge in [0.1, 0.15) is 0 Å². The van der Waals surface area contributed by atoms with Gasteiger partial charge in [-0.15, -0.1) is 0 Å². The lowest BCUT2D eigenvalue weighted by Crippen LogP contribution is -2.24. The number of rotatable bonds is 5. The highest BCUT2D eigenvalue weighted by Crippen LogP contribution is 2.15. The number of esters is 1. The van der Waals surface area contributed by atoms with Crippen molar-refractivity contribution < 1.29 is 17.9 Å². The zero-order chi connectivity index (χ0) is 12.9. The lowest BCUT2D eigenvalue weighted by atomic mass is 10.2. The molecule has 0 aromatic heterocycles.